The molecular formula is C13H19NOS. The van der Waals surface area contributed by atoms with Crippen molar-refractivity contribution in [1.82, 2.24) is 0 Å². The fraction of sp³-hybridized carbons (Fsp3) is 0.538. The zero-order valence-electron chi connectivity index (χ0n) is 9.74. The van der Waals surface area contributed by atoms with Crippen LogP contribution in [0.5, 0.6) is 0 Å². The Kier molecular flexibility index (Phi) is 4.55. The molecule has 0 atom stereocenters. The zero-order chi connectivity index (χ0) is 11.2. The van der Waals surface area contributed by atoms with E-state index < -0.39 is 0 Å². The van der Waals surface area contributed by atoms with Crippen LogP contribution in [-0.2, 0) is 4.74 Å². The van der Waals surface area contributed by atoms with E-state index in [-0.39, 0.29) is 0 Å². The molecule has 1 fully saturated rings. The summed E-state index contributed by atoms with van der Waals surface area (Å²) in [6, 6.07) is 8.64. The molecule has 0 unspecified atom stereocenters. The Bertz CT molecular complexity index is 306. The predicted octanol–water partition coefficient (Wildman–Crippen LogP) is 3.25. The summed E-state index contributed by atoms with van der Waals surface area (Å²) in [5.41, 5.74) is 1.23. The summed E-state index contributed by atoms with van der Waals surface area (Å²) in [4.78, 5) is 1.32. The molecule has 0 aromatic heterocycles. The maximum Gasteiger partial charge on any atom is 0.0469 e. The van der Waals surface area contributed by atoms with Crippen LogP contribution >= 0.6 is 11.8 Å². The van der Waals surface area contributed by atoms with Crippen molar-refractivity contribution in [2.24, 2.45) is 5.92 Å². The van der Waals surface area contributed by atoms with Gasteiger partial charge in [0.25, 0.3) is 0 Å². The second kappa shape index (κ2) is 6.16. The summed E-state index contributed by atoms with van der Waals surface area (Å²) in [6.45, 7) is 2.93. The SMILES string of the molecule is CSc1ccc(NCC2CCOCC2)cc1. The number of hydrogen-bond donors (Lipinski definition) is 1. The quantitative estimate of drug-likeness (QED) is 0.812. The topological polar surface area (TPSA) is 21.3 Å². The second-order valence-corrected chi connectivity index (χ2v) is 5.04. The van der Waals surface area contributed by atoms with Crippen molar-refractivity contribution in [3.8, 4) is 0 Å². The largest absolute Gasteiger partial charge is 0.385 e. The number of anilines is 1. The van der Waals surface area contributed by atoms with Crippen molar-refractivity contribution in [1.29, 1.82) is 0 Å². The van der Waals surface area contributed by atoms with E-state index in [0.29, 0.717) is 0 Å². The molecule has 0 amide bonds. The van der Waals surface area contributed by atoms with Gasteiger partial charge in [-0.15, -0.1) is 11.8 Å². The Labute approximate surface area is 102 Å². The fourth-order valence-electron chi connectivity index (χ4n) is 1.92. The van der Waals surface area contributed by atoms with E-state index in [1.807, 2.05) is 0 Å². The molecular weight excluding hydrogens is 218 g/mol. The number of ether oxygens (including phenoxy) is 1. The van der Waals surface area contributed by atoms with Crippen molar-refractivity contribution >= 4 is 17.4 Å². The van der Waals surface area contributed by atoms with Crippen LogP contribution in [0.25, 0.3) is 0 Å². The highest BCUT2D eigenvalue weighted by Crippen LogP contribution is 2.19. The molecule has 0 saturated carbocycles. The first-order chi connectivity index (χ1) is 7.88. The summed E-state index contributed by atoms with van der Waals surface area (Å²) in [5, 5.41) is 3.50. The van der Waals surface area contributed by atoms with Gasteiger partial charge in [0.15, 0.2) is 0 Å². The summed E-state index contributed by atoms with van der Waals surface area (Å²) in [6.07, 6.45) is 4.48. The summed E-state index contributed by atoms with van der Waals surface area (Å²) in [5.74, 6) is 0.772. The van der Waals surface area contributed by atoms with Gasteiger partial charge in [-0.3, -0.25) is 0 Å². The van der Waals surface area contributed by atoms with Gasteiger partial charge >= 0.3 is 0 Å². The average Bonchev–Trinajstić information content (AvgIpc) is 2.38. The fourth-order valence-corrected chi connectivity index (χ4v) is 2.33. The number of hydrogen-bond acceptors (Lipinski definition) is 3. The van der Waals surface area contributed by atoms with Gasteiger partial charge in [-0.1, -0.05) is 0 Å². The van der Waals surface area contributed by atoms with Crippen molar-refractivity contribution in [3.63, 3.8) is 0 Å². The van der Waals surface area contributed by atoms with Gasteiger partial charge in [0.2, 0.25) is 0 Å². The highest BCUT2D eigenvalue weighted by molar-refractivity contribution is 7.98. The monoisotopic (exact) mass is 237 g/mol. The van der Waals surface area contributed by atoms with Gasteiger partial charge in [0.1, 0.15) is 0 Å². The third-order valence-electron chi connectivity index (χ3n) is 3.03. The third kappa shape index (κ3) is 3.42. The first-order valence-electron chi connectivity index (χ1n) is 5.84. The van der Waals surface area contributed by atoms with Gasteiger partial charge in [-0.25, -0.2) is 0 Å². The normalized spacial score (nSPS) is 17.3. The van der Waals surface area contributed by atoms with E-state index in [9.17, 15) is 0 Å². The highest BCUT2D eigenvalue weighted by atomic mass is 32.2. The Morgan fingerprint density at radius 1 is 1.25 bits per heavy atom. The number of rotatable bonds is 4. The lowest BCUT2D eigenvalue weighted by molar-refractivity contribution is 0.0699. The van der Waals surface area contributed by atoms with Gasteiger partial charge in [0, 0.05) is 30.3 Å². The molecule has 16 heavy (non-hydrogen) atoms. The Balaban J connectivity index is 1.79. The van der Waals surface area contributed by atoms with Crippen LogP contribution in [0, 0.1) is 5.92 Å². The molecule has 88 valence electrons. The average molecular weight is 237 g/mol. The van der Waals surface area contributed by atoms with E-state index in [1.54, 1.807) is 11.8 Å². The molecule has 2 rings (SSSR count). The molecule has 1 aromatic carbocycles. The van der Waals surface area contributed by atoms with E-state index in [0.717, 1.165) is 25.7 Å². The molecule has 1 N–H and O–H groups in total. The molecule has 1 aromatic rings. The summed E-state index contributed by atoms with van der Waals surface area (Å²) in [7, 11) is 0. The van der Waals surface area contributed by atoms with Crippen molar-refractivity contribution in [3.05, 3.63) is 24.3 Å². The molecule has 0 spiro atoms. The summed E-state index contributed by atoms with van der Waals surface area (Å²) < 4.78 is 5.35. The van der Waals surface area contributed by atoms with Crippen molar-refractivity contribution in [2.45, 2.75) is 17.7 Å². The Morgan fingerprint density at radius 2 is 1.94 bits per heavy atom. The lowest BCUT2D eigenvalue weighted by atomic mass is 10.0. The molecule has 1 heterocycles. The molecule has 3 heteroatoms. The predicted molar refractivity (Wildman–Crippen MR) is 70.3 cm³/mol. The van der Waals surface area contributed by atoms with E-state index >= 15 is 0 Å². The van der Waals surface area contributed by atoms with Crippen LogP contribution in [0.15, 0.2) is 29.2 Å². The molecule has 0 aliphatic carbocycles. The minimum Gasteiger partial charge on any atom is -0.385 e. The van der Waals surface area contributed by atoms with Gasteiger partial charge in [0.05, 0.1) is 0 Å². The smallest absolute Gasteiger partial charge is 0.0469 e. The van der Waals surface area contributed by atoms with Crippen LogP contribution in [0.1, 0.15) is 12.8 Å². The maximum atomic E-state index is 5.35. The Morgan fingerprint density at radius 3 is 2.56 bits per heavy atom. The lowest BCUT2D eigenvalue weighted by Crippen LogP contribution is -2.22. The number of thioether (sulfide) groups is 1. The summed E-state index contributed by atoms with van der Waals surface area (Å²) >= 11 is 1.78. The van der Waals surface area contributed by atoms with Crippen molar-refractivity contribution in [2.75, 3.05) is 31.3 Å². The molecule has 1 saturated heterocycles. The lowest BCUT2D eigenvalue weighted by Gasteiger charge is -2.22. The second-order valence-electron chi connectivity index (χ2n) is 4.17. The van der Waals surface area contributed by atoms with E-state index in [4.69, 9.17) is 4.74 Å². The molecule has 2 nitrogen and oxygen atoms in total. The van der Waals surface area contributed by atoms with Crippen molar-refractivity contribution < 1.29 is 4.74 Å². The maximum absolute atomic E-state index is 5.35. The van der Waals surface area contributed by atoms with Crippen LogP contribution in [-0.4, -0.2) is 26.0 Å². The first kappa shape index (κ1) is 11.8. The zero-order valence-corrected chi connectivity index (χ0v) is 10.6. The standard InChI is InChI=1S/C13H19NOS/c1-16-13-4-2-12(3-5-13)14-10-11-6-8-15-9-7-11/h2-5,11,14H,6-10H2,1H3. The number of benzene rings is 1. The molecule has 1 aliphatic rings. The minimum atomic E-state index is 0.772. The van der Waals surface area contributed by atoms with Crippen LogP contribution in [0.4, 0.5) is 5.69 Å². The molecule has 0 radical (unpaired) electrons. The molecule has 0 bridgehead atoms. The first-order valence-corrected chi connectivity index (χ1v) is 7.06. The number of nitrogens with one attached hydrogen (secondary N) is 1. The van der Waals surface area contributed by atoms with Crippen LogP contribution < -0.4 is 5.32 Å². The van der Waals surface area contributed by atoms with Crippen LogP contribution in [0.3, 0.4) is 0 Å². The van der Waals surface area contributed by atoms with Crippen LogP contribution in [0.2, 0.25) is 0 Å². The third-order valence-corrected chi connectivity index (χ3v) is 3.77. The molecule has 1 aliphatic heterocycles. The van der Waals surface area contributed by atoms with Gasteiger partial charge < -0.3 is 10.1 Å². The highest BCUT2D eigenvalue weighted by Gasteiger charge is 2.12. The Hall–Kier alpha value is -0.670. The van der Waals surface area contributed by atoms with Gasteiger partial charge in [-0.2, -0.15) is 0 Å². The minimum absolute atomic E-state index is 0.772. The van der Waals surface area contributed by atoms with E-state index in [2.05, 4.69) is 35.8 Å². The van der Waals surface area contributed by atoms with E-state index in [1.165, 1.54) is 23.4 Å². The van der Waals surface area contributed by atoms with Gasteiger partial charge in [-0.05, 0) is 49.3 Å².